The second-order valence-corrected chi connectivity index (χ2v) is 5.71. The van der Waals surface area contributed by atoms with E-state index in [4.69, 9.17) is 9.84 Å². The molecule has 6 nitrogen and oxygen atoms in total. The average molecular weight is 298 g/mol. The van der Waals surface area contributed by atoms with Gasteiger partial charge in [-0.05, 0) is 17.9 Å². The van der Waals surface area contributed by atoms with Gasteiger partial charge in [0.1, 0.15) is 0 Å². The third kappa shape index (κ3) is 3.71. The summed E-state index contributed by atoms with van der Waals surface area (Å²) < 4.78 is 5.11. The lowest BCUT2D eigenvalue weighted by Crippen LogP contribution is -2.52. The second-order valence-electron chi connectivity index (χ2n) is 4.68. The van der Waals surface area contributed by atoms with Crippen LogP contribution in [0.2, 0.25) is 0 Å². The van der Waals surface area contributed by atoms with Gasteiger partial charge in [-0.15, -0.1) is 11.3 Å². The fraction of sp³-hybridized carbons (Fsp3) is 0.538. The van der Waals surface area contributed by atoms with Gasteiger partial charge in [0, 0.05) is 25.0 Å². The minimum absolute atomic E-state index is 0.109. The zero-order valence-electron chi connectivity index (χ0n) is 11.3. The topological polar surface area (TPSA) is 70.1 Å². The number of rotatable bonds is 4. The van der Waals surface area contributed by atoms with Crippen LogP contribution in [0.5, 0.6) is 0 Å². The highest BCUT2D eigenvalue weighted by atomic mass is 32.1. The van der Waals surface area contributed by atoms with E-state index in [-0.39, 0.29) is 19.2 Å². The predicted molar refractivity (Wildman–Crippen MR) is 75.0 cm³/mol. The lowest BCUT2D eigenvalue weighted by atomic mass is 10.3. The van der Waals surface area contributed by atoms with Crippen molar-refractivity contribution in [1.29, 1.82) is 0 Å². The molecule has 0 spiro atoms. The van der Waals surface area contributed by atoms with E-state index in [0.717, 1.165) is 6.42 Å². The van der Waals surface area contributed by atoms with Gasteiger partial charge in [0.05, 0.1) is 13.2 Å². The average Bonchev–Trinajstić information content (AvgIpc) is 2.97. The molecule has 0 bridgehead atoms. The van der Waals surface area contributed by atoms with E-state index in [0.29, 0.717) is 13.1 Å². The van der Waals surface area contributed by atoms with Crippen LogP contribution in [0.25, 0.3) is 0 Å². The van der Waals surface area contributed by atoms with Gasteiger partial charge in [0.15, 0.2) is 6.10 Å². The molecule has 0 aliphatic carbocycles. The quantitative estimate of drug-likeness (QED) is 0.904. The zero-order valence-corrected chi connectivity index (χ0v) is 12.1. The number of thiophene rings is 1. The Balaban J connectivity index is 1.84. The molecule has 110 valence electrons. The van der Waals surface area contributed by atoms with Crippen molar-refractivity contribution in [2.45, 2.75) is 12.5 Å². The first-order valence-electron chi connectivity index (χ1n) is 6.44. The summed E-state index contributed by atoms with van der Waals surface area (Å²) in [7, 11) is 1.74. The molecule has 7 heteroatoms. The Hall–Kier alpha value is -1.60. The number of likely N-dealkylation sites (N-methyl/N-ethyl adjacent to an activating group) is 1. The molecule has 2 amide bonds. The van der Waals surface area contributed by atoms with Gasteiger partial charge in [0.2, 0.25) is 0 Å². The van der Waals surface area contributed by atoms with Crippen molar-refractivity contribution in [3.63, 3.8) is 0 Å². The fourth-order valence-electron chi connectivity index (χ4n) is 2.04. The van der Waals surface area contributed by atoms with Crippen molar-refractivity contribution >= 4 is 23.3 Å². The SMILES string of the molecule is CN(CCc1cccs1)C(=O)N1CCOC(C(=O)O)C1. The number of carbonyl (C=O) groups excluding carboxylic acids is 1. The molecule has 1 aromatic rings. The number of aliphatic carboxylic acids is 1. The zero-order chi connectivity index (χ0) is 14.5. The molecule has 1 aliphatic heterocycles. The number of urea groups is 1. The number of hydrogen-bond acceptors (Lipinski definition) is 4. The van der Waals surface area contributed by atoms with E-state index in [1.165, 1.54) is 9.78 Å². The molecular formula is C13H18N2O4S. The van der Waals surface area contributed by atoms with Crippen molar-refractivity contribution < 1.29 is 19.4 Å². The summed E-state index contributed by atoms with van der Waals surface area (Å²) >= 11 is 1.67. The number of nitrogens with zero attached hydrogens (tertiary/aromatic N) is 2. The molecule has 2 rings (SSSR count). The Kier molecular flexibility index (Phi) is 4.97. The Labute approximate surface area is 121 Å². The summed E-state index contributed by atoms with van der Waals surface area (Å²) in [5.41, 5.74) is 0. The smallest absolute Gasteiger partial charge is 0.334 e. The van der Waals surface area contributed by atoms with Gasteiger partial charge in [-0.2, -0.15) is 0 Å². The van der Waals surface area contributed by atoms with Gasteiger partial charge in [-0.1, -0.05) is 6.07 Å². The van der Waals surface area contributed by atoms with Gasteiger partial charge in [0.25, 0.3) is 0 Å². The molecule has 1 unspecified atom stereocenters. The van der Waals surface area contributed by atoms with E-state index in [9.17, 15) is 9.59 Å². The van der Waals surface area contributed by atoms with Crippen LogP contribution in [0.3, 0.4) is 0 Å². The first-order chi connectivity index (χ1) is 9.58. The van der Waals surface area contributed by atoms with Crippen molar-refractivity contribution in [1.82, 2.24) is 9.80 Å². The number of amides is 2. The molecule has 1 aliphatic rings. The van der Waals surface area contributed by atoms with E-state index in [1.807, 2.05) is 17.5 Å². The third-order valence-electron chi connectivity index (χ3n) is 3.21. The maximum Gasteiger partial charge on any atom is 0.334 e. The molecule has 1 atom stereocenters. The highest BCUT2D eigenvalue weighted by Crippen LogP contribution is 2.11. The molecule has 2 heterocycles. The van der Waals surface area contributed by atoms with Crippen LogP contribution in [0.4, 0.5) is 4.79 Å². The van der Waals surface area contributed by atoms with Gasteiger partial charge in [-0.3, -0.25) is 0 Å². The summed E-state index contributed by atoms with van der Waals surface area (Å²) in [6.07, 6.45) is -0.106. The number of carbonyl (C=O) groups is 2. The Bertz CT molecular complexity index is 463. The van der Waals surface area contributed by atoms with Crippen LogP contribution in [0.1, 0.15) is 4.88 Å². The number of ether oxygens (including phenoxy) is 1. The van der Waals surface area contributed by atoms with Crippen LogP contribution in [-0.4, -0.2) is 66.3 Å². The highest BCUT2D eigenvalue weighted by molar-refractivity contribution is 7.09. The standard InChI is InChI=1S/C13H18N2O4S/c1-14(5-4-10-3-2-8-20-10)13(18)15-6-7-19-11(9-15)12(16)17/h2-3,8,11H,4-7,9H2,1H3,(H,16,17). The monoisotopic (exact) mass is 298 g/mol. The summed E-state index contributed by atoms with van der Waals surface area (Å²) in [6.45, 7) is 1.43. The molecule has 0 saturated carbocycles. The van der Waals surface area contributed by atoms with E-state index >= 15 is 0 Å². The van der Waals surface area contributed by atoms with Crippen LogP contribution >= 0.6 is 11.3 Å². The molecule has 1 saturated heterocycles. The number of carboxylic acid groups (broad SMARTS) is 1. The highest BCUT2D eigenvalue weighted by Gasteiger charge is 2.30. The second kappa shape index (κ2) is 6.71. The van der Waals surface area contributed by atoms with Crippen molar-refractivity contribution in [3.05, 3.63) is 22.4 Å². The minimum Gasteiger partial charge on any atom is -0.479 e. The molecular weight excluding hydrogens is 280 g/mol. The third-order valence-corrected chi connectivity index (χ3v) is 4.15. The molecule has 0 aromatic carbocycles. The Morgan fingerprint density at radius 1 is 1.60 bits per heavy atom. The van der Waals surface area contributed by atoms with Crippen LogP contribution in [0.15, 0.2) is 17.5 Å². The summed E-state index contributed by atoms with van der Waals surface area (Å²) in [5.74, 6) is -1.02. The Morgan fingerprint density at radius 2 is 2.40 bits per heavy atom. The minimum atomic E-state index is -1.02. The van der Waals surface area contributed by atoms with Crippen molar-refractivity contribution in [2.75, 3.05) is 33.3 Å². The van der Waals surface area contributed by atoms with Gasteiger partial charge in [-0.25, -0.2) is 9.59 Å². The summed E-state index contributed by atoms with van der Waals surface area (Å²) in [4.78, 5) is 27.5. The van der Waals surface area contributed by atoms with Crippen LogP contribution in [0, 0.1) is 0 Å². The number of hydrogen-bond donors (Lipinski definition) is 1. The predicted octanol–water partition coefficient (Wildman–Crippen LogP) is 1.13. The van der Waals surface area contributed by atoms with Gasteiger partial charge >= 0.3 is 12.0 Å². The number of morpholine rings is 1. The molecule has 1 N–H and O–H groups in total. The lowest BCUT2D eigenvalue weighted by molar-refractivity contribution is -0.154. The maximum absolute atomic E-state index is 12.2. The van der Waals surface area contributed by atoms with E-state index in [2.05, 4.69) is 0 Å². The molecule has 1 fully saturated rings. The van der Waals surface area contributed by atoms with E-state index in [1.54, 1.807) is 23.3 Å². The normalized spacial score (nSPS) is 18.9. The Morgan fingerprint density at radius 3 is 3.05 bits per heavy atom. The molecule has 1 aromatic heterocycles. The van der Waals surface area contributed by atoms with E-state index < -0.39 is 12.1 Å². The van der Waals surface area contributed by atoms with Crippen molar-refractivity contribution in [2.24, 2.45) is 0 Å². The van der Waals surface area contributed by atoms with Crippen molar-refractivity contribution in [3.8, 4) is 0 Å². The first kappa shape index (κ1) is 14.8. The number of carboxylic acids is 1. The maximum atomic E-state index is 12.2. The van der Waals surface area contributed by atoms with Gasteiger partial charge < -0.3 is 19.6 Å². The largest absolute Gasteiger partial charge is 0.479 e. The molecule has 20 heavy (non-hydrogen) atoms. The summed E-state index contributed by atoms with van der Waals surface area (Å²) in [6, 6.07) is 3.88. The molecule has 0 radical (unpaired) electrons. The fourth-order valence-corrected chi connectivity index (χ4v) is 2.74. The summed E-state index contributed by atoms with van der Waals surface area (Å²) in [5, 5.41) is 10.9. The lowest BCUT2D eigenvalue weighted by Gasteiger charge is -2.33. The van der Waals surface area contributed by atoms with Crippen LogP contribution in [-0.2, 0) is 16.0 Å². The first-order valence-corrected chi connectivity index (χ1v) is 7.32. The van der Waals surface area contributed by atoms with Crippen LogP contribution < -0.4 is 0 Å².